The fourth-order valence-corrected chi connectivity index (χ4v) is 5.59. The summed E-state index contributed by atoms with van der Waals surface area (Å²) in [6.07, 6.45) is 0.883. The van der Waals surface area contributed by atoms with E-state index in [1.54, 1.807) is 11.9 Å². The van der Waals surface area contributed by atoms with Crippen LogP contribution in [0.3, 0.4) is 0 Å². The van der Waals surface area contributed by atoms with E-state index in [0.29, 0.717) is 12.8 Å². The molecular formula is C25H25FN2O3S. The molecule has 32 heavy (non-hydrogen) atoms. The number of hydrogen-bond donors (Lipinski definition) is 0. The van der Waals surface area contributed by atoms with Gasteiger partial charge < -0.3 is 4.90 Å². The van der Waals surface area contributed by atoms with Gasteiger partial charge in [0.1, 0.15) is 5.82 Å². The van der Waals surface area contributed by atoms with Crippen molar-refractivity contribution < 1.29 is 17.6 Å². The third kappa shape index (κ3) is 4.45. The van der Waals surface area contributed by atoms with Gasteiger partial charge in [0.05, 0.1) is 10.6 Å². The number of carbonyl (C=O) groups is 1. The zero-order valence-corrected chi connectivity index (χ0v) is 18.6. The van der Waals surface area contributed by atoms with E-state index in [1.807, 2.05) is 54.6 Å². The molecule has 5 nitrogen and oxygen atoms in total. The fraction of sp³-hybridized carbons (Fsp3) is 0.240. The van der Waals surface area contributed by atoms with E-state index in [4.69, 9.17) is 0 Å². The highest BCUT2D eigenvalue weighted by molar-refractivity contribution is 7.89. The Bertz CT molecular complexity index is 1190. The molecule has 1 saturated heterocycles. The lowest BCUT2D eigenvalue weighted by atomic mass is 9.95. The zero-order chi connectivity index (χ0) is 22.7. The number of amides is 1. The van der Waals surface area contributed by atoms with E-state index >= 15 is 0 Å². The number of hydrogen-bond acceptors (Lipinski definition) is 3. The SMILES string of the molecule is CN(C(=O)C1CCN(S(=O)(=O)c2ccc(F)cc2)CC1)c1ccccc1-c1ccccc1. The summed E-state index contributed by atoms with van der Waals surface area (Å²) in [5.74, 6) is -0.761. The second-order valence-corrected chi connectivity index (χ2v) is 9.85. The van der Waals surface area contributed by atoms with E-state index in [1.165, 1.54) is 16.4 Å². The van der Waals surface area contributed by atoms with Gasteiger partial charge in [0, 0.05) is 31.6 Å². The molecule has 4 rings (SSSR count). The highest BCUT2D eigenvalue weighted by Gasteiger charge is 2.33. The van der Waals surface area contributed by atoms with Crippen molar-refractivity contribution >= 4 is 21.6 Å². The molecule has 3 aromatic carbocycles. The van der Waals surface area contributed by atoms with Gasteiger partial charge in [0.15, 0.2) is 0 Å². The Hall–Kier alpha value is -3.03. The van der Waals surface area contributed by atoms with Crippen LogP contribution in [0.15, 0.2) is 83.8 Å². The summed E-state index contributed by atoms with van der Waals surface area (Å²) in [6.45, 7) is 0.509. The van der Waals surface area contributed by atoms with E-state index in [2.05, 4.69) is 0 Å². The van der Waals surface area contributed by atoms with Crippen LogP contribution in [0.25, 0.3) is 11.1 Å². The van der Waals surface area contributed by atoms with Crippen LogP contribution in [0.4, 0.5) is 10.1 Å². The zero-order valence-electron chi connectivity index (χ0n) is 17.8. The molecular weight excluding hydrogens is 427 g/mol. The number of sulfonamides is 1. The second kappa shape index (κ2) is 9.22. The van der Waals surface area contributed by atoms with Gasteiger partial charge in [-0.05, 0) is 48.7 Å². The molecule has 3 aromatic rings. The minimum absolute atomic E-state index is 0.0211. The van der Waals surface area contributed by atoms with Gasteiger partial charge in [-0.3, -0.25) is 4.79 Å². The van der Waals surface area contributed by atoms with Crippen LogP contribution in [-0.2, 0) is 14.8 Å². The van der Waals surface area contributed by atoms with Crippen molar-refractivity contribution in [3.63, 3.8) is 0 Å². The summed E-state index contributed by atoms with van der Waals surface area (Å²) in [7, 11) is -1.93. The van der Waals surface area contributed by atoms with Crippen LogP contribution in [0.2, 0.25) is 0 Å². The second-order valence-electron chi connectivity index (χ2n) is 7.91. The van der Waals surface area contributed by atoms with Gasteiger partial charge in [0.25, 0.3) is 0 Å². The van der Waals surface area contributed by atoms with Crippen molar-refractivity contribution in [2.24, 2.45) is 5.92 Å². The Morgan fingerprint density at radius 3 is 2.16 bits per heavy atom. The van der Waals surface area contributed by atoms with Crippen LogP contribution in [0, 0.1) is 11.7 Å². The molecule has 1 amide bonds. The van der Waals surface area contributed by atoms with Crippen LogP contribution >= 0.6 is 0 Å². The first kappa shape index (κ1) is 22.2. The molecule has 0 unspecified atom stereocenters. The van der Waals surface area contributed by atoms with Gasteiger partial charge in [0.2, 0.25) is 15.9 Å². The van der Waals surface area contributed by atoms with Crippen molar-refractivity contribution in [2.45, 2.75) is 17.7 Å². The Morgan fingerprint density at radius 1 is 0.906 bits per heavy atom. The maximum atomic E-state index is 13.3. The van der Waals surface area contributed by atoms with Crippen LogP contribution in [-0.4, -0.2) is 38.8 Å². The topological polar surface area (TPSA) is 57.7 Å². The number of rotatable bonds is 5. The van der Waals surface area contributed by atoms with Crippen molar-refractivity contribution in [2.75, 3.05) is 25.0 Å². The van der Waals surface area contributed by atoms with Gasteiger partial charge in [-0.25, -0.2) is 12.8 Å². The Balaban J connectivity index is 1.47. The van der Waals surface area contributed by atoms with Crippen molar-refractivity contribution in [3.8, 4) is 11.1 Å². The van der Waals surface area contributed by atoms with E-state index < -0.39 is 15.8 Å². The molecule has 0 atom stereocenters. The molecule has 0 spiro atoms. The maximum absolute atomic E-state index is 13.3. The number of halogens is 1. The molecule has 1 fully saturated rings. The quantitative estimate of drug-likeness (QED) is 0.570. The monoisotopic (exact) mass is 452 g/mol. The summed E-state index contributed by atoms with van der Waals surface area (Å²) in [5, 5.41) is 0. The normalized spacial score (nSPS) is 15.4. The van der Waals surface area contributed by atoms with E-state index in [-0.39, 0.29) is 29.8 Å². The highest BCUT2D eigenvalue weighted by atomic mass is 32.2. The largest absolute Gasteiger partial charge is 0.315 e. The number of benzene rings is 3. The molecule has 166 valence electrons. The average Bonchev–Trinajstić information content (AvgIpc) is 2.84. The van der Waals surface area contributed by atoms with Crippen molar-refractivity contribution in [3.05, 3.63) is 84.7 Å². The van der Waals surface area contributed by atoms with E-state index in [9.17, 15) is 17.6 Å². The summed E-state index contributed by atoms with van der Waals surface area (Å²) >= 11 is 0. The number of anilines is 1. The highest BCUT2D eigenvalue weighted by Crippen LogP contribution is 2.32. The van der Waals surface area contributed by atoms with Crippen molar-refractivity contribution in [1.29, 1.82) is 0 Å². The summed E-state index contributed by atoms with van der Waals surface area (Å²) < 4.78 is 40.2. The first-order valence-corrected chi connectivity index (χ1v) is 12.0. The number of nitrogens with zero attached hydrogens (tertiary/aromatic N) is 2. The molecule has 7 heteroatoms. The first-order chi connectivity index (χ1) is 15.4. The lowest BCUT2D eigenvalue weighted by Crippen LogP contribution is -2.43. The minimum Gasteiger partial charge on any atom is -0.315 e. The Labute approximate surface area is 188 Å². The maximum Gasteiger partial charge on any atom is 0.243 e. The molecule has 0 radical (unpaired) electrons. The molecule has 0 aromatic heterocycles. The molecule has 0 aliphatic carbocycles. The fourth-order valence-electron chi connectivity index (χ4n) is 4.12. The molecule has 0 N–H and O–H groups in total. The number of carbonyl (C=O) groups excluding carboxylic acids is 1. The molecule has 0 saturated carbocycles. The lowest BCUT2D eigenvalue weighted by Gasteiger charge is -2.33. The lowest BCUT2D eigenvalue weighted by molar-refractivity contribution is -0.123. The summed E-state index contributed by atoms with van der Waals surface area (Å²) in [6, 6.07) is 22.5. The minimum atomic E-state index is -3.70. The predicted molar refractivity (Wildman–Crippen MR) is 123 cm³/mol. The third-order valence-electron chi connectivity index (χ3n) is 5.94. The molecule has 1 heterocycles. The summed E-state index contributed by atoms with van der Waals surface area (Å²) in [4.78, 5) is 15.0. The predicted octanol–water partition coefficient (Wildman–Crippen LogP) is 4.56. The van der Waals surface area contributed by atoms with E-state index in [0.717, 1.165) is 28.9 Å². The molecule has 1 aliphatic heterocycles. The smallest absolute Gasteiger partial charge is 0.243 e. The van der Waals surface area contributed by atoms with Gasteiger partial charge in [-0.2, -0.15) is 4.31 Å². The third-order valence-corrected chi connectivity index (χ3v) is 7.85. The van der Waals surface area contributed by atoms with Crippen LogP contribution < -0.4 is 4.90 Å². The first-order valence-electron chi connectivity index (χ1n) is 10.6. The number of piperidine rings is 1. The average molecular weight is 453 g/mol. The number of para-hydroxylation sites is 1. The molecule has 1 aliphatic rings. The molecule has 0 bridgehead atoms. The van der Waals surface area contributed by atoms with Gasteiger partial charge in [-0.1, -0.05) is 48.5 Å². The standard InChI is InChI=1S/C25H25FN2O3S/c1-27(24-10-6-5-9-23(24)19-7-3-2-4-8-19)25(29)20-15-17-28(18-16-20)32(30,31)22-13-11-21(26)12-14-22/h2-14,20H,15-18H2,1H3. The van der Waals surface area contributed by atoms with Gasteiger partial charge >= 0.3 is 0 Å². The van der Waals surface area contributed by atoms with Crippen LogP contribution in [0.1, 0.15) is 12.8 Å². The van der Waals surface area contributed by atoms with Crippen LogP contribution in [0.5, 0.6) is 0 Å². The van der Waals surface area contributed by atoms with Gasteiger partial charge in [-0.15, -0.1) is 0 Å². The van der Waals surface area contributed by atoms with Crippen molar-refractivity contribution in [1.82, 2.24) is 4.31 Å². The Kier molecular flexibility index (Phi) is 6.39. The summed E-state index contributed by atoms with van der Waals surface area (Å²) in [5.41, 5.74) is 2.83. The Morgan fingerprint density at radius 2 is 1.50 bits per heavy atom.